The zero-order valence-electron chi connectivity index (χ0n) is 6.23. The predicted molar refractivity (Wildman–Crippen MR) is 37.0 cm³/mol. The maximum absolute atomic E-state index is 10.3. The van der Waals surface area contributed by atoms with E-state index in [0.717, 1.165) is 0 Å². The number of nitrogens with zero attached hydrogens (tertiary/aromatic N) is 3. The van der Waals surface area contributed by atoms with Crippen molar-refractivity contribution in [2.75, 3.05) is 6.61 Å². The van der Waals surface area contributed by atoms with Crippen molar-refractivity contribution in [1.29, 1.82) is 0 Å². The van der Waals surface area contributed by atoms with Crippen LogP contribution in [0.25, 0.3) is 0 Å². The Morgan fingerprint density at radius 1 is 1.82 bits per heavy atom. The molecule has 0 fully saturated rings. The second-order valence-electron chi connectivity index (χ2n) is 1.90. The molecule has 1 heterocycles. The molecule has 1 aromatic rings. The Morgan fingerprint density at radius 2 is 2.64 bits per heavy atom. The third kappa shape index (κ3) is 1.84. The molecule has 0 aliphatic carbocycles. The summed E-state index contributed by atoms with van der Waals surface area (Å²) in [4.78, 5) is 10.3. The van der Waals surface area contributed by atoms with Crippen LogP contribution in [-0.4, -0.2) is 27.9 Å². The largest absolute Gasteiger partial charge is 0.359 e. The fraction of sp³-hybridized carbons (Fsp3) is 0.500. The van der Waals surface area contributed by atoms with Crippen LogP contribution in [0.2, 0.25) is 0 Å². The van der Waals surface area contributed by atoms with Gasteiger partial charge in [-0.2, -0.15) is 0 Å². The third-order valence-corrected chi connectivity index (χ3v) is 1.19. The minimum absolute atomic E-state index is 0.282. The summed E-state index contributed by atoms with van der Waals surface area (Å²) in [5, 5.41) is 7.18. The van der Waals surface area contributed by atoms with Gasteiger partial charge in [0.15, 0.2) is 6.29 Å². The van der Waals surface area contributed by atoms with Crippen LogP contribution in [-0.2, 0) is 11.5 Å². The first-order chi connectivity index (χ1) is 5.38. The van der Waals surface area contributed by atoms with Crippen LogP contribution in [0.3, 0.4) is 0 Å². The molecule has 5 nitrogen and oxygen atoms in total. The van der Waals surface area contributed by atoms with E-state index >= 15 is 0 Å². The van der Waals surface area contributed by atoms with Gasteiger partial charge in [-0.05, 0) is 6.92 Å². The van der Waals surface area contributed by atoms with Crippen LogP contribution in [0.5, 0.6) is 0 Å². The summed E-state index contributed by atoms with van der Waals surface area (Å²) in [6, 6.07) is 0. The standard InChI is InChI=1S/C6H9N3O2/c1-2-11-5-9-6(4-10)3-7-8-9/h3-4H,2,5H2,1H3. The molecule has 0 saturated heterocycles. The summed E-state index contributed by atoms with van der Waals surface area (Å²) in [6.07, 6.45) is 2.09. The molecule has 0 spiro atoms. The molecule has 0 radical (unpaired) electrons. The Bertz CT molecular complexity index is 233. The number of rotatable bonds is 4. The summed E-state index contributed by atoms with van der Waals surface area (Å²) >= 11 is 0. The van der Waals surface area contributed by atoms with Crippen LogP contribution >= 0.6 is 0 Å². The van der Waals surface area contributed by atoms with E-state index in [9.17, 15) is 4.79 Å². The highest BCUT2D eigenvalue weighted by Crippen LogP contribution is 1.91. The number of carbonyl (C=O) groups excluding carboxylic acids is 1. The normalized spacial score (nSPS) is 9.91. The van der Waals surface area contributed by atoms with Crippen molar-refractivity contribution in [1.82, 2.24) is 15.0 Å². The minimum atomic E-state index is 0.282. The molecule has 0 saturated carbocycles. The van der Waals surface area contributed by atoms with Gasteiger partial charge in [0, 0.05) is 6.61 Å². The van der Waals surface area contributed by atoms with Gasteiger partial charge in [0.1, 0.15) is 12.4 Å². The first kappa shape index (κ1) is 7.87. The molecule has 0 amide bonds. The van der Waals surface area contributed by atoms with Gasteiger partial charge in [-0.25, -0.2) is 4.68 Å². The monoisotopic (exact) mass is 155 g/mol. The Kier molecular flexibility index (Phi) is 2.74. The Hall–Kier alpha value is -1.23. The van der Waals surface area contributed by atoms with E-state index in [1.54, 1.807) is 0 Å². The molecular weight excluding hydrogens is 146 g/mol. The number of hydrogen-bond donors (Lipinski definition) is 0. The molecule has 1 rings (SSSR count). The van der Waals surface area contributed by atoms with Gasteiger partial charge in [-0.3, -0.25) is 4.79 Å². The van der Waals surface area contributed by atoms with Crippen LogP contribution in [0.1, 0.15) is 17.4 Å². The second kappa shape index (κ2) is 3.82. The molecule has 0 N–H and O–H groups in total. The van der Waals surface area contributed by atoms with Gasteiger partial charge >= 0.3 is 0 Å². The quantitative estimate of drug-likeness (QED) is 0.578. The molecular formula is C6H9N3O2. The highest BCUT2D eigenvalue weighted by atomic mass is 16.5. The summed E-state index contributed by atoms with van der Waals surface area (Å²) in [7, 11) is 0. The van der Waals surface area contributed by atoms with E-state index in [1.165, 1.54) is 10.9 Å². The first-order valence-electron chi connectivity index (χ1n) is 3.30. The van der Waals surface area contributed by atoms with E-state index in [-0.39, 0.29) is 6.73 Å². The lowest BCUT2D eigenvalue weighted by Crippen LogP contribution is -2.07. The van der Waals surface area contributed by atoms with Crippen LogP contribution in [0, 0.1) is 0 Å². The maximum atomic E-state index is 10.3. The smallest absolute Gasteiger partial charge is 0.169 e. The van der Waals surface area contributed by atoms with Crippen LogP contribution < -0.4 is 0 Å². The van der Waals surface area contributed by atoms with Crippen molar-refractivity contribution in [2.45, 2.75) is 13.7 Å². The highest BCUT2D eigenvalue weighted by Gasteiger charge is 1.99. The summed E-state index contributed by atoms with van der Waals surface area (Å²) in [5.41, 5.74) is 0.429. The van der Waals surface area contributed by atoms with Gasteiger partial charge in [0.25, 0.3) is 0 Å². The Balaban J connectivity index is 2.61. The number of ether oxygens (including phenoxy) is 1. The van der Waals surface area contributed by atoms with Gasteiger partial charge in [-0.15, -0.1) is 5.10 Å². The zero-order valence-corrected chi connectivity index (χ0v) is 6.23. The average molecular weight is 155 g/mol. The van der Waals surface area contributed by atoms with Gasteiger partial charge in [0.05, 0.1) is 6.20 Å². The topological polar surface area (TPSA) is 57.0 Å². The number of hydrogen-bond acceptors (Lipinski definition) is 4. The minimum Gasteiger partial charge on any atom is -0.359 e. The Morgan fingerprint density at radius 3 is 3.27 bits per heavy atom. The summed E-state index contributed by atoms with van der Waals surface area (Å²) < 4.78 is 6.42. The van der Waals surface area contributed by atoms with E-state index < -0.39 is 0 Å². The van der Waals surface area contributed by atoms with Crippen LogP contribution in [0.15, 0.2) is 6.20 Å². The van der Waals surface area contributed by atoms with Crippen molar-refractivity contribution in [3.05, 3.63) is 11.9 Å². The molecule has 0 atom stereocenters. The third-order valence-electron chi connectivity index (χ3n) is 1.19. The van der Waals surface area contributed by atoms with Crippen molar-refractivity contribution in [2.24, 2.45) is 0 Å². The van der Waals surface area contributed by atoms with Gasteiger partial charge in [-0.1, -0.05) is 5.21 Å². The highest BCUT2D eigenvalue weighted by molar-refractivity contribution is 5.71. The summed E-state index contributed by atoms with van der Waals surface area (Å²) in [6.45, 7) is 2.75. The van der Waals surface area contributed by atoms with E-state index in [1.807, 2.05) is 6.92 Å². The average Bonchev–Trinajstić information content (AvgIpc) is 2.47. The molecule has 11 heavy (non-hydrogen) atoms. The lowest BCUT2D eigenvalue weighted by atomic mass is 10.5. The lowest BCUT2D eigenvalue weighted by Gasteiger charge is -2.00. The van der Waals surface area contributed by atoms with Gasteiger partial charge in [0.2, 0.25) is 0 Å². The Labute approximate surface area is 64.0 Å². The van der Waals surface area contributed by atoms with Crippen molar-refractivity contribution >= 4 is 6.29 Å². The van der Waals surface area contributed by atoms with Gasteiger partial charge < -0.3 is 4.74 Å². The zero-order chi connectivity index (χ0) is 8.10. The van der Waals surface area contributed by atoms with E-state index in [2.05, 4.69) is 10.3 Å². The fourth-order valence-electron chi connectivity index (χ4n) is 0.635. The molecule has 1 aromatic heterocycles. The molecule has 60 valence electrons. The number of carbonyl (C=O) groups is 1. The molecule has 0 unspecified atom stereocenters. The second-order valence-corrected chi connectivity index (χ2v) is 1.90. The summed E-state index contributed by atoms with van der Waals surface area (Å²) in [5.74, 6) is 0. The fourth-order valence-corrected chi connectivity index (χ4v) is 0.635. The lowest BCUT2D eigenvalue weighted by molar-refractivity contribution is 0.0747. The maximum Gasteiger partial charge on any atom is 0.169 e. The molecule has 0 aromatic carbocycles. The van der Waals surface area contributed by atoms with Crippen molar-refractivity contribution in [3.63, 3.8) is 0 Å². The molecule has 5 heteroatoms. The molecule has 0 aliphatic rings. The number of aldehydes is 1. The van der Waals surface area contributed by atoms with E-state index in [4.69, 9.17) is 4.74 Å². The first-order valence-corrected chi connectivity index (χ1v) is 3.30. The van der Waals surface area contributed by atoms with E-state index in [0.29, 0.717) is 18.6 Å². The molecule has 0 aliphatic heterocycles. The van der Waals surface area contributed by atoms with Crippen molar-refractivity contribution < 1.29 is 9.53 Å². The van der Waals surface area contributed by atoms with Crippen LogP contribution in [0.4, 0.5) is 0 Å². The van der Waals surface area contributed by atoms with Crippen molar-refractivity contribution in [3.8, 4) is 0 Å². The SMILES string of the molecule is CCOCn1nncc1C=O. The molecule has 0 bridgehead atoms. The predicted octanol–water partition coefficient (Wildman–Crippen LogP) is 0.0846. The number of aromatic nitrogens is 3.